The monoisotopic (exact) mass is 359 g/mol. The van der Waals surface area contributed by atoms with Gasteiger partial charge in [0.05, 0.1) is 10.7 Å². The van der Waals surface area contributed by atoms with Crippen molar-refractivity contribution in [1.29, 1.82) is 0 Å². The van der Waals surface area contributed by atoms with Crippen molar-refractivity contribution in [3.05, 3.63) is 62.9 Å². The second-order valence-corrected chi connectivity index (χ2v) is 5.88. The number of nitro groups is 1. The zero-order chi connectivity index (χ0) is 17.8. The second kappa shape index (κ2) is 7.26. The van der Waals surface area contributed by atoms with Crippen molar-refractivity contribution >= 4 is 17.4 Å². The molecule has 10 heteroatoms. The number of hydrogen-bond donors (Lipinski definition) is 0. The molecule has 0 N–H and O–H groups in total. The van der Waals surface area contributed by atoms with Crippen LogP contribution in [0.3, 0.4) is 0 Å². The highest BCUT2D eigenvalue weighted by atomic mass is 32.2. The van der Waals surface area contributed by atoms with Crippen LogP contribution >= 0.6 is 11.8 Å². The van der Waals surface area contributed by atoms with E-state index in [2.05, 4.69) is 15.1 Å². The van der Waals surface area contributed by atoms with Crippen molar-refractivity contribution in [3.8, 4) is 11.4 Å². The smallest absolute Gasteiger partial charge is 0.273 e. The van der Waals surface area contributed by atoms with E-state index in [1.165, 1.54) is 30.0 Å². The van der Waals surface area contributed by atoms with Gasteiger partial charge in [-0.25, -0.2) is 0 Å². The maximum atomic E-state index is 11.4. The SMILES string of the molecule is CCn1ccc(=O)nc1SCc1nc(-c2ccc([N+](=O)[O-])cc2)no1. The van der Waals surface area contributed by atoms with E-state index in [1.54, 1.807) is 18.3 Å². The van der Waals surface area contributed by atoms with Gasteiger partial charge in [-0.15, -0.1) is 0 Å². The van der Waals surface area contributed by atoms with Crippen LogP contribution in [0, 0.1) is 10.1 Å². The first-order chi connectivity index (χ1) is 12.1. The summed E-state index contributed by atoms with van der Waals surface area (Å²) in [5.74, 6) is 1.08. The number of hydrogen-bond acceptors (Lipinski definition) is 8. The van der Waals surface area contributed by atoms with E-state index >= 15 is 0 Å². The highest BCUT2D eigenvalue weighted by Gasteiger charge is 2.12. The van der Waals surface area contributed by atoms with Gasteiger partial charge in [-0.1, -0.05) is 16.9 Å². The lowest BCUT2D eigenvalue weighted by molar-refractivity contribution is -0.384. The molecular formula is C15H13N5O4S. The lowest BCUT2D eigenvalue weighted by Crippen LogP contribution is -2.12. The molecule has 0 radical (unpaired) electrons. The van der Waals surface area contributed by atoms with E-state index in [1.807, 2.05) is 11.5 Å². The first-order valence-corrected chi connectivity index (χ1v) is 8.33. The third-order valence-electron chi connectivity index (χ3n) is 3.32. The Morgan fingerprint density at radius 1 is 1.24 bits per heavy atom. The first kappa shape index (κ1) is 16.8. The Hall–Kier alpha value is -3.01. The van der Waals surface area contributed by atoms with Gasteiger partial charge in [0.2, 0.25) is 11.7 Å². The minimum atomic E-state index is -0.470. The third kappa shape index (κ3) is 3.91. The van der Waals surface area contributed by atoms with Gasteiger partial charge in [-0.05, 0) is 19.1 Å². The summed E-state index contributed by atoms with van der Waals surface area (Å²) in [6.45, 7) is 2.64. The van der Waals surface area contributed by atoms with Crippen molar-refractivity contribution in [2.75, 3.05) is 0 Å². The molecule has 0 amide bonds. The molecule has 128 valence electrons. The van der Waals surface area contributed by atoms with Crippen LogP contribution in [-0.2, 0) is 12.3 Å². The lowest BCUT2D eigenvalue weighted by Gasteiger charge is -2.07. The molecule has 3 rings (SSSR count). The van der Waals surface area contributed by atoms with Crippen LogP contribution in [-0.4, -0.2) is 24.6 Å². The topological polar surface area (TPSA) is 117 Å². The van der Waals surface area contributed by atoms with E-state index in [9.17, 15) is 14.9 Å². The van der Waals surface area contributed by atoms with E-state index in [0.717, 1.165) is 0 Å². The Kier molecular flexibility index (Phi) is 4.89. The molecular weight excluding hydrogens is 346 g/mol. The van der Waals surface area contributed by atoms with Crippen molar-refractivity contribution in [1.82, 2.24) is 19.7 Å². The minimum Gasteiger partial charge on any atom is -0.338 e. The Labute approximate surface area is 145 Å². The number of nitrogens with zero attached hydrogens (tertiary/aromatic N) is 5. The average molecular weight is 359 g/mol. The molecule has 2 aromatic heterocycles. The molecule has 0 aliphatic carbocycles. The molecule has 25 heavy (non-hydrogen) atoms. The van der Waals surface area contributed by atoms with Gasteiger partial charge >= 0.3 is 0 Å². The summed E-state index contributed by atoms with van der Waals surface area (Å²) in [6, 6.07) is 7.30. The number of aryl methyl sites for hydroxylation is 1. The predicted molar refractivity (Wildman–Crippen MR) is 90.1 cm³/mol. The summed E-state index contributed by atoms with van der Waals surface area (Å²) < 4.78 is 7.04. The fraction of sp³-hybridized carbons (Fsp3) is 0.200. The van der Waals surface area contributed by atoms with E-state index in [0.29, 0.717) is 34.7 Å². The summed E-state index contributed by atoms with van der Waals surface area (Å²) in [5, 5.41) is 15.1. The zero-order valence-electron chi connectivity index (χ0n) is 13.2. The molecule has 0 unspecified atom stereocenters. The van der Waals surface area contributed by atoms with Crippen LogP contribution in [0.1, 0.15) is 12.8 Å². The quantitative estimate of drug-likeness (QED) is 0.285. The maximum absolute atomic E-state index is 11.4. The Bertz CT molecular complexity index is 951. The molecule has 0 atom stereocenters. The van der Waals surface area contributed by atoms with Gasteiger partial charge in [0.25, 0.3) is 11.2 Å². The predicted octanol–water partition coefficient (Wildman–Crippen LogP) is 2.51. The van der Waals surface area contributed by atoms with Crippen LogP contribution in [0.15, 0.2) is 51.0 Å². The first-order valence-electron chi connectivity index (χ1n) is 7.34. The van der Waals surface area contributed by atoms with Crippen molar-refractivity contribution in [2.45, 2.75) is 24.4 Å². The molecule has 0 saturated heterocycles. The number of aromatic nitrogens is 4. The summed E-state index contributed by atoms with van der Waals surface area (Å²) in [5.41, 5.74) is 0.314. The molecule has 0 bridgehead atoms. The molecule has 0 saturated carbocycles. The van der Waals surface area contributed by atoms with Gasteiger partial charge in [0.15, 0.2) is 5.16 Å². The third-order valence-corrected chi connectivity index (χ3v) is 4.29. The summed E-state index contributed by atoms with van der Waals surface area (Å²) in [4.78, 5) is 29.8. The normalized spacial score (nSPS) is 10.8. The zero-order valence-corrected chi connectivity index (χ0v) is 14.0. The van der Waals surface area contributed by atoms with Crippen molar-refractivity contribution in [3.63, 3.8) is 0 Å². The number of thioether (sulfide) groups is 1. The largest absolute Gasteiger partial charge is 0.338 e. The average Bonchev–Trinajstić information content (AvgIpc) is 3.09. The van der Waals surface area contributed by atoms with Crippen LogP contribution in [0.25, 0.3) is 11.4 Å². The standard InChI is InChI=1S/C15H13N5O4S/c1-2-19-8-7-12(21)16-15(19)25-9-13-17-14(18-24-13)10-3-5-11(6-4-10)20(22)23/h3-8H,2,9H2,1H3. The summed E-state index contributed by atoms with van der Waals surface area (Å²) >= 11 is 1.32. The Morgan fingerprint density at radius 3 is 2.68 bits per heavy atom. The van der Waals surface area contributed by atoms with Crippen molar-refractivity contribution in [2.24, 2.45) is 0 Å². The number of rotatable bonds is 6. The molecule has 0 aliphatic heterocycles. The van der Waals surface area contributed by atoms with Crippen LogP contribution in [0.4, 0.5) is 5.69 Å². The number of benzene rings is 1. The van der Waals surface area contributed by atoms with Gasteiger partial charge in [-0.2, -0.15) is 9.97 Å². The van der Waals surface area contributed by atoms with E-state index in [4.69, 9.17) is 4.52 Å². The molecule has 0 fully saturated rings. The highest BCUT2D eigenvalue weighted by Crippen LogP contribution is 2.23. The van der Waals surface area contributed by atoms with Crippen LogP contribution in [0.2, 0.25) is 0 Å². The molecule has 1 aromatic carbocycles. The van der Waals surface area contributed by atoms with E-state index in [-0.39, 0.29) is 11.2 Å². The maximum Gasteiger partial charge on any atom is 0.273 e. The fourth-order valence-corrected chi connectivity index (χ4v) is 2.94. The minimum absolute atomic E-state index is 0.00397. The van der Waals surface area contributed by atoms with Crippen LogP contribution in [0.5, 0.6) is 0 Å². The second-order valence-electron chi connectivity index (χ2n) is 4.94. The summed E-state index contributed by atoms with van der Waals surface area (Å²) in [6.07, 6.45) is 1.69. The molecule has 0 spiro atoms. The van der Waals surface area contributed by atoms with E-state index < -0.39 is 4.92 Å². The lowest BCUT2D eigenvalue weighted by atomic mass is 10.2. The Balaban J connectivity index is 1.73. The molecule has 0 aliphatic rings. The summed E-state index contributed by atoms with van der Waals surface area (Å²) in [7, 11) is 0. The van der Waals surface area contributed by atoms with Crippen molar-refractivity contribution < 1.29 is 9.45 Å². The highest BCUT2D eigenvalue weighted by molar-refractivity contribution is 7.98. The molecule has 2 heterocycles. The van der Waals surface area contributed by atoms with Gasteiger partial charge < -0.3 is 9.09 Å². The van der Waals surface area contributed by atoms with Gasteiger partial charge in [0.1, 0.15) is 0 Å². The Morgan fingerprint density at radius 2 is 2.00 bits per heavy atom. The molecule has 9 nitrogen and oxygen atoms in total. The van der Waals surface area contributed by atoms with Crippen LogP contribution < -0.4 is 5.56 Å². The molecule has 3 aromatic rings. The number of non-ortho nitro benzene ring substituents is 1. The fourth-order valence-electron chi connectivity index (χ4n) is 2.06. The number of nitro benzene ring substituents is 1. The van der Waals surface area contributed by atoms with Gasteiger partial charge in [-0.3, -0.25) is 14.9 Å². The van der Waals surface area contributed by atoms with Gasteiger partial charge in [0, 0.05) is 36.5 Å².